The highest BCUT2D eigenvalue weighted by Crippen LogP contribution is 2.30. The summed E-state index contributed by atoms with van der Waals surface area (Å²) < 4.78 is 44.4. The van der Waals surface area contributed by atoms with Gasteiger partial charge in [0.1, 0.15) is 35.1 Å². The van der Waals surface area contributed by atoms with Crippen LogP contribution in [-0.4, -0.2) is 5.91 Å². The third-order valence-electron chi connectivity index (χ3n) is 4.25. The van der Waals surface area contributed by atoms with Gasteiger partial charge in [-0.1, -0.05) is 30.3 Å². The Morgan fingerprint density at radius 2 is 1.91 bits per heavy atom. The Morgan fingerprint density at radius 3 is 2.62 bits per heavy atom. The highest BCUT2D eigenvalue weighted by atomic mass is 32.1. The number of benzene rings is 2. The van der Waals surface area contributed by atoms with Crippen molar-refractivity contribution >= 4 is 28.3 Å². The molecule has 32 heavy (non-hydrogen) atoms. The van der Waals surface area contributed by atoms with Crippen molar-refractivity contribution in [3.05, 3.63) is 87.8 Å². The first-order valence-corrected chi connectivity index (χ1v) is 9.98. The molecule has 0 bridgehead atoms. The number of nitriles is 2. The summed E-state index contributed by atoms with van der Waals surface area (Å²) in [6.07, 6.45) is -3.14. The molecule has 0 radical (unpaired) electrons. The van der Waals surface area contributed by atoms with E-state index in [4.69, 9.17) is 10.00 Å². The van der Waals surface area contributed by atoms with E-state index in [2.05, 4.69) is 5.32 Å². The Bertz CT molecular complexity index is 1250. The number of carbonyl (C=O) groups excluding carboxylic acids is 1. The molecule has 0 aliphatic carbocycles. The summed E-state index contributed by atoms with van der Waals surface area (Å²) in [5.74, 6) is -0.404. The van der Waals surface area contributed by atoms with Crippen LogP contribution in [0.4, 0.5) is 18.2 Å². The Labute approximate surface area is 185 Å². The molecule has 1 heterocycles. The first-order chi connectivity index (χ1) is 15.3. The van der Waals surface area contributed by atoms with Gasteiger partial charge < -0.3 is 10.1 Å². The molecule has 1 N–H and O–H groups in total. The van der Waals surface area contributed by atoms with Crippen molar-refractivity contribution in [1.29, 1.82) is 10.5 Å². The zero-order chi connectivity index (χ0) is 23.1. The average Bonchev–Trinajstić information content (AvgIpc) is 3.23. The van der Waals surface area contributed by atoms with Gasteiger partial charge in [0.2, 0.25) is 0 Å². The summed E-state index contributed by atoms with van der Waals surface area (Å²) in [5.41, 5.74) is -0.000138. The molecule has 2 aromatic carbocycles. The molecule has 1 aromatic heterocycles. The standard InChI is InChI=1S/C23H14F3N3O2S/c24-23(25,26)19-6-3-4-15(10-19)14-31-20-7-2-1-5-16(20)11-18(13-28)21(30)29-22-17(12-27)8-9-32-22/h1-11H,14H2,(H,29,30). The number of ether oxygens (including phenoxy) is 1. The molecule has 5 nitrogen and oxygen atoms in total. The van der Waals surface area contributed by atoms with Crippen LogP contribution >= 0.6 is 11.3 Å². The minimum Gasteiger partial charge on any atom is -0.488 e. The zero-order valence-corrected chi connectivity index (χ0v) is 17.1. The summed E-state index contributed by atoms with van der Waals surface area (Å²) in [7, 11) is 0. The number of hydrogen-bond donors (Lipinski definition) is 1. The molecule has 0 unspecified atom stereocenters. The largest absolute Gasteiger partial charge is 0.488 e. The summed E-state index contributed by atoms with van der Waals surface area (Å²) in [4.78, 5) is 12.5. The van der Waals surface area contributed by atoms with E-state index < -0.39 is 17.6 Å². The van der Waals surface area contributed by atoms with Gasteiger partial charge in [-0.2, -0.15) is 23.7 Å². The summed E-state index contributed by atoms with van der Waals surface area (Å²) in [5, 5.41) is 23.0. The van der Waals surface area contributed by atoms with Gasteiger partial charge in [-0.25, -0.2) is 0 Å². The molecule has 0 aliphatic rings. The number of anilines is 1. The van der Waals surface area contributed by atoms with Gasteiger partial charge in [0, 0.05) is 5.56 Å². The molecule has 160 valence electrons. The van der Waals surface area contributed by atoms with Crippen molar-refractivity contribution in [2.45, 2.75) is 12.8 Å². The number of halogens is 3. The van der Waals surface area contributed by atoms with E-state index in [0.29, 0.717) is 21.9 Å². The number of para-hydroxylation sites is 1. The molecule has 0 saturated heterocycles. The first kappa shape index (κ1) is 22.6. The number of alkyl halides is 3. The number of hydrogen-bond acceptors (Lipinski definition) is 5. The van der Waals surface area contributed by atoms with Crippen molar-refractivity contribution in [2.24, 2.45) is 0 Å². The van der Waals surface area contributed by atoms with Crippen LogP contribution in [0.25, 0.3) is 6.08 Å². The lowest BCUT2D eigenvalue weighted by molar-refractivity contribution is -0.137. The third-order valence-corrected chi connectivity index (χ3v) is 5.08. The second-order valence-electron chi connectivity index (χ2n) is 6.42. The lowest BCUT2D eigenvalue weighted by Gasteiger charge is -2.12. The van der Waals surface area contributed by atoms with Gasteiger partial charge in [0.15, 0.2) is 0 Å². The van der Waals surface area contributed by atoms with E-state index in [0.717, 1.165) is 23.5 Å². The highest BCUT2D eigenvalue weighted by molar-refractivity contribution is 7.14. The zero-order valence-electron chi connectivity index (χ0n) is 16.3. The Balaban J connectivity index is 1.79. The first-order valence-electron chi connectivity index (χ1n) is 9.10. The van der Waals surface area contributed by atoms with Crippen LogP contribution in [0.2, 0.25) is 0 Å². The maximum absolute atomic E-state index is 12.9. The maximum Gasteiger partial charge on any atom is 0.416 e. The number of nitrogens with zero attached hydrogens (tertiary/aromatic N) is 2. The van der Waals surface area contributed by atoms with E-state index >= 15 is 0 Å². The van der Waals surface area contributed by atoms with E-state index in [9.17, 15) is 23.2 Å². The van der Waals surface area contributed by atoms with E-state index in [-0.39, 0.29) is 17.7 Å². The number of carbonyl (C=O) groups is 1. The van der Waals surface area contributed by atoms with Crippen LogP contribution in [0.3, 0.4) is 0 Å². The van der Waals surface area contributed by atoms with Gasteiger partial charge in [-0.05, 0) is 41.3 Å². The fraction of sp³-hybridized carbons (Fsp3) is 0.0870. The fourth-order valence-electron chi connectivity index (χ4n) is 2.70. The van der Waals surface area contributed by atoms with E-state index in [1.165, 1.54) is 18.2 Å². The summed E-state index contributed by atoms with van der Waals surface area (Å²) in [6, 6.07) is 16.6. The van der Waals surface area contributed by atoms with Crippen LogP contribution in [0, 0.1) is 22.7 Å². The molecule has 0 saturated carbocycles. The summed E-state index contributed by atoms with van der Waals surface area (Å²) in [6.45, 7) is -0.135. The predicted molar refractivity (Wildman–Crippen MR) is 113 cm³/mol. The highest BCUT2D eigenvalue weighted by Gasteiger charge is 2.30. The van der Waals surface area contributed by atoms with Gasteiger partial charge in [-0.3, -0.25) is 4.79 Å². The van der Waals surface area contributed by atoms with E-state index in [1.807, 2.05) is 12.1 Å². The summed E-state index contributed by atoms with van der Waals surface area (Å²) >= 11 is 1.15. The molecule has 9 heteroatoms. The number of nitrogens with one attached hydrogen (secondary N) is 1. The molecular weight excluding hydrogens is 439 g/mol. The third kappa shape index (κ3) is 5.54. The predicted octanol–water partition coefficient (Wildman–Crippen LogP) is 5.76. The van der Waals surface area contributed by atoms with Crippen molar-refractivity contribution in [2.75, 3.05) is 5.32 Å². The van der Waals surface area contributed by atoms with Crippen molar-refractivity contribution in [3.8, 4) is 17.9 Å². The average molecular weight is 453 g/mol. The van der Waals surface area contributed by atoms with Crippen LogP contribution in [0.1, 0.15) is 22.3 Å². The number of thiophene rings is 1. The van der Waals surface area contributed by atoms with Crippen LogP contribution in [0.5, 0.6) is 5.75 Å². The second kappa shape index (κ2) is 9.82. The lowest BCUT2D eigenvalue weighted by atomic mass is 10.1. The Hall–Kier alpha value is -4.08. The second-order valence-corrected chi connectivity index (χ2v) is 7.34. The van der Waals surface area contributed by atoms with E-state index in [1.54, 1.807) is 35.7 Å². The van der Waals surface area contributed by atoms with Gasteiger partial charge in [-0.15, -0.1) is 11.3 Å². The van der Waals surface area contributed by atoms with Crippen LogP contribution < -0.4 is 10.1 Å². The molecule has 0 fully saturated rings. The molecule has 0 atom stereocenters. The smallest absolute Gasteiger partial charge is 0.416 e. The Kier molecular flexibility index (Phi) is 6.93. The van der Waals surface area contributed by atoms with Crippen molar-refractivity contribution in [1.82, 2.24) is 0 Å². The topological polar surface area (TPSA) is 85.9 Å². The monoisotopic (exact) mass is 453 g/mol. The molecule has 1 amide bonds. The van der Waals surface area contributed by atoms with Crippen LogP contribution in [-0.2, 0) is 17.6 Å². The molecular formula is C23H14F3N3O2S. The quantitative estimate of drug-likeness (QED) is 0.380. The fourth-order valence-corrected chi connectivity index (χ4v) is 3.43. The van der Waals surface area contributed by atoms with Crippen molar-refractivity contribution in [3.63, 3.8) is 0 Å². The molecule has 3 rings (SSSR count). The van der Waals surface area contributed by atoms with Crippen molar-refractivity contribution < 1.29 is 22.7 Å². The lowest BCUT2D eigenvalue weighted by Crippen LogP contribution is -2.13. The molecule has 0 spiro atoms. The normalized spacial score (nSPS) is 11.3. The maximum atomic E-state index is 12.9. The number of amides is 1. The van der Waals surface area contributed by atoms with Crippen LogP contribution in [0.15, 0.2) is 65.6 Å². The molecule has 3 aromatic rings. The minimum atomic E-state index is -4.46. The minimum absolute atomic E-state index is 0.135. The van der Waals surface area contributed by atoms with Gasteiger partial charge in [0.05, 0.1) is 11.1 Å². The van der Waals surface area contributed by atoms with Gasteiger partial charge in [0.25, 0.3) is 5.91 Å². The van der Waals surface area contributed by atoms with Gasteiger partial charge >= 0.3 is 6.18 Å². The SMILES string of the molecule is N#CC(=Cc1ccccc1OCc1cccc(C(F)(F)F)c1)C(=O)Nc1sccc1C#N. The number of rotatable bonds is 6. The Morgan fingerprint density at radius 1 is 1.12 bits per heavy atom. The molecule has 0 aliphatic heterocycles.